The fourth-order valence-electron chi connectivity index (χ4n) is 5.34. The van der Waals surface area contributed by atoms with Crippen molar-refractivity contribution in [3.63, 3.8) is 0 Å². The minimum atomic E-state index is 0.0477. The molecule has 0 heterocycles. The second-order valence-corrected chi connectivity index (χ2v) is 9.83. The van der Waals surface area contributed by atoms with Crippen LogP contribution in [0.15, 0.2) is 158 Å². The molecule has 0 spiro atoms. The Morgan fingerprint density at radius 1 is 0.625 bits per heavy atom. The number of rotatable bonds is 7. The predicted octanol–water partition coefficient (Wildman–Crippen LogP) is 9.88. The van der Waals surface area contributed by atoms with Gasteiger partial charge in [0.25, 0.3) is 0 Å². The molecule has 0 unspecified atom stereocenters. The first-order valence-corrected chi connectivity index (χ1v) is 13.4. The average Bonchev–Trinajstić information content (AvgIpc) is 3.32. The number of carbonyl (C=O) groups is 1. The summed E-state index contributed by atoms with van der Waals surface area (Å²) >= 11 is 0. The number of hydrogen-bond donors (Lipinski definition) is 0. The van der Waals surface area contributed by atoms with Crippen LogP contribution in [-0.4, -0.2) is 5.78 Å². The molecule has 0 radical (unpaired) electrons. The van der Waals surface area contributed by atoms with Crippen LogP contribution < -0.4 is 4.90 Å². The fraction of sp³-hybridized carbons (Fsp3) is 0.0263. The topological polar surface area (TPSA) is 20.3 Å². The Bertz CT molecular complexity index is 1760. The molecule has 0 saturated heterocycles. The van der Waals surface area contributed by atoms with Crippen LogP contribution in [0, 0.1) is 0 Å². The molecule has 1 aliphatic rings. The predicted molar refractivity (Wildman–Crippen MR) is 168 cm³/mol. The van der Waals surface area contributed by atoms with E-state index in [4.69, 9.17) is 0 Å². The Morgan fingerprint density at radius 3 is 1.93 bits per heavy atom. The Labute approximate surface area is 235 Å². The van der Waals surface area contributed by atoms with Gasteiger partial charge in [0.1, 0.15) is 0 Å². The Morgan fingerprint density at radius 2 is 1.23 bits per heavy atom. The molecule has 0 aliphatic heterocycles. The maximum atomic E-state index is 13.8. The highest BCUT2D eigenvalue weighted by Crippen LogP contribution is 2.44. The molecular formula is C38H29NO. The first kappa shape index (κ1) is 25.1. The molecule has 0 fully saturated rings. The van der Waals surface area contributed by atoms with E-state index in [1.165, 1.54) is 0 Å². The molecule has 5 aromatic carbocycles. The van der Waals surface area contributed by atoms with Gasteiger partial charge in [-0.3, -0.25) is 4.79 Å². The molecule has 0 aromatic heterocycles. The van der Waals surface area contributed by atoms with Crippen molar-refractivity contribution >= 4 is 22.7 Å². The summed E-state index contributed by atoms with van der Waals surface area (Å²) in [5.74, 6) is 0.0477. The van der Waals surface area contributed by atoms with Gasteiger partial charge in [-0.05, 0) is 70.7 Å². The smallest absolute Gasteiger partial charge is 0.196 e. The maximum Gasteiger partial charge on any atom is 0.196 e. The molecule has 0 atom stereocenters. The SMILES string of the molecule is C=C/C(=C\C=C(/C)c1ccccc1)N(c1ccc(-c2ccccc2)cc1)c1cccc2c1C(=O)c1ccccc1-2. The van der Waals surface area contributed by atoms with E-state index in [9.17, 15) is 4.79 Å². The van der Waals surface area contributed by atoms with Crippen molar-refractivity contribution in [2.75, 3.05) is 4.90 Å². The number of fused-ring (bicyclic) bond motifs is 3. The summed E-state index contributed by atoms with van der Waals surface area (Å²) in [6, 6.07) is 43.1. The van der Waals surface area contributed by atoms with Gasteiger partial charge in [-0.15, -0.1) is 0 Å². The van der Waals surface area contributed by atoms with E-state index in [1.807, 2.05) is 84.9 Å². The fourth-order valence-corrected chi connectivity index (χ4v) is 5.34. The zero-order chi connectivity index (χ0) is 27.5. The number of benzene rings is 5. The molecule has 2 nitrogen and oxygen atoms in total. The number of allylic oxidation sites excluding steroid dienone is 4. The third-order valence-corrected chi connectivity index (χ3v) is 7.41. The zero-order valence-electron chi connectivity index (χ0n) is 22.4. The highest BCUT2D eigenvalue weighted by Gasteiger charge is 2.31. The summed E-state index contributed by atoms with van der Waals surface area (Å²) in [7, 11) is 0. The molecule has 1 aliphatic carbocycles. The standard InChI is InChI=1S/C38H29NO/c1-3-31(24-21-27(2)28-13-6-4-7-14-28)39(32-25-22-30(23-26-32)29-15-8-5-9-16-29)36-20-12-19-34-33-17-10-11-18-35(33)38(40)37(34)36/h3-26H,1H2,2H3/b27-21+,31-24+. The molecule has 40 heavy (non-hydrogen) atoms. The van der Waals surface area contributed by atoms with Gasteiger partial charge in [-0.1, -0.05) is 122 Å². The third-order valence-electron chi connectivity index (χ3n) is 7.41. The van der Waals surface area contributed by atoms with Crippen LogP contribution in [0.2, 0.25) is 0 Å². The summed E-state index contributed by atoms with van der Waals surface area (Å²) in [6.45, 7) is 6.28. The van der Waals surface area contributed by atoms with E-state index in [-0.39, 0.29) is 5.78 Å². The van der Waals surface area contributed by atoms with E-state index in [2.05, 4.69) is 79.1 Å². The van der Waals surface area contributed by atoms with E-state index in [1.54, 1.807) is 0 Å². The third kappa shape index (κ3) is 4.61. The summed E-state index contributed by atoms with van der Waals surface area (Å²) < 4.78 is 0. The second kappa shape index (κ2) is 10.9. The number of carbonyl (C=O) groups excluding carboxylic acids is 1. The Kier molecular flexibility index (Phi) is 6.82. The lowest BCUT2D eigenvalue weighted by Gasteiger charge is -2.28. The van der Waals surface area contributed by atoms with Gasteiger partial charge in [-0.25, -0.2) is 0 Å². The van der Waals surface area contributed by atoms with Crippen LogP contribution in [0.5, 0.6) is 0 Å². The van der Waals surface area contributed by atoms with Gasteiger partial charge >= 0.3 is 0 Å². The van der Waals surface area contributed by atoms with Crippen LogP contribution in [0.25, 0.3) is 27.8 Å². The summed E-state index contributed by atoms with van der Waals surface area (Å²) in [5.41, 5.74) is 10.7. The quantitative estimate of drug-likeness (QED) is 0.197. The van der Waals surface area contributed by atoms with Gasteiger partial charge in [0.05, 0.1) is 11.3 Å². The highest BCUT2D eigenvalue weighted by atomic mass is 16.1. The van der Waals surface area contributed by atoms with Crippen LogP contribution in [0.4, 0.5) is 11.4 Å². The van der Waals surface area contributed by atoms with E-state index in [0.29, 0.717) is 5.56 Å². The van der Waals surface area contributed by atoms with Crippen molar-refractivity contribution in [3.8, 4) is 22.3 Å². The molecule has 0 N–H and O–H groups in total. The minimum absolute atomic E-state index is 0.0477. The lowest BCUT2D eigenvalue weighted by Crippen LogP contribution is -2.18. The molecule has 2 heteroatoms. The highest BCUT2D eigenvalue weighted by molar-refractivity contribution is 6.24. The van der Waals surface area contributed by atoms with Gasteiger partial charge in [0.15, 0.2) is 5.78 Å². The molecular weight excluding hydrogens is 486 g/mol. The average molecular weight is 516 g/mol. The van der Waals surface area contributed by atoms with E-state index in [0.717, 1.165) is 56.0 Å². The maximum absolute atomic E-state index is 13.8. The summed E-state index contributed by atoms with van der Waals surface area (Å²) in [4.78, 5) is 15.9. The van der Waals surface area contributed by atoms with Crippen LogP contribution in [0.3, 0.4) is 0 Å². The Hall–Kier alpha value is -5.21. The number of nitrogens with zero attached hydrogens (tertiary/aromatic N) is 1. The molecule has 0 bridgehead atoms. The van der Waals surface area contributed by atoms with Crippen molar-refractivity contribution < 1.29 is 4.79 Å². The zero-order valence-corrected chi connectivity index (χ0v) is 22.4. The monoisotopic (exact) mass is 515 g/mol. The molecule has 5 aromatic rings. The van der Waals surface area contributed by atoms with E-state index < -0.39 is 0 Å². The first-order chi connectivity index (χ1) is 19.7. The van der Waals surface area contributed by atoms with Crippen LogP contribution in [0.1, 0.15) is 28.4 Å². The summed E-state index contributed by atoms with van der Waals surface area (Å²) in [5, 5.41) is 0. The van der Waals surface area contributed by atoms with Crippen molar-refractivity contribution in [1.82, 2.24) is 0 Å². The lowest BCUT2D eigenvalue weighted by atomic mass is 10.0. The normalized spacial score (nSPS) is 12.6. The van der Waals surface area contributed by atoms with E-state index >= 15 is 0 Å². The number of hydrogen-bond acceptors (Lipinski definition) is 2. The second-order valence-electron chi connectivity index (χ2n) is 9.83. The molecule has 6 rings (SSSR count). The number of anilines is 2. The van der Waals surface area contributed by atoms with Crippen molar-refractivity contribution in [2.45, 2.75) is 6.92 Å². The van der Waals surface area contributed by atoms with Crippen molar-refractivity contribution in [2.24, 2.45) is 0 Å². The van der Waals surface area contributed by atoms with Crippen molar-refractivity contribution in [1.29, 1.82) is 0 Å². The lowest BCUT2D eigenvalue weighted by molar-refractivity contribution is 0.104. The summed E-state index contributed by atoms with van der Waals surface area (Å²) in [6.07, 6.45) is 6.04. The number of ketones is 1. The van der Waals surface area contributed by atoms with Gasteiger partial charge in [0.2, 0.25) is 0 Å². The van der Waals surface area contributed by atoms with Gasteiger partial charge < -0.3 is 4.90 Å². The molecule has 0 saturated carbocycles. The largest absolute Gasteiger partial charge is 0.310 e. The van der Waals surface area contributed by atoms with Crippen LogP contribution >= 0.6 is 0 Å². The van der Waals surface area contributed by atoms with Crippen LogP contribution in [-0.2, 0) is 0 Å². The first-order valence-electron chi connectivity index (χ1n) is 13.4. The molecule has 0 amide bonds. The van der Waals surface area contributed by atoms with Gasteiger partial charge in [0, 0.05) is 16.9 Å². The van der Waals surface area contributed by atoms with Crippen molar-refractivity contribution in [3.05, 3.63) is 175 Å². The van der Waals surface area contributed by atoms with Gasteiger partial charge in [-0.2, -0.15) is 0 Å². The molecule has 192 valence electrons. The minimum Gasteiger partial charge on any atom is -0.310 e. The Balaban J connectivity index is 1.50.